The second-order valence-electron chi connectivity index (χ2n) is 9.04. The van der Waals surface area contributed by atoms with Gasteiger partial charge in [-0.2, -0.15) is 0 Å². The zero-order chi connectivity index (χ0) is 22.6. The Bertz CT molecular complexity index is 928. The van der Waals surface area contributed by atoms with Gasteiger partial charge in [0.15, 0.2) is 0 Å². The number of benzene rings is 1. The molecule has 2 atom stereocenters. The van der Waals surface area contributed by atoms with E-state index in [2.05, 4.69) is 10.3 Å². The predicted octanol–water partition coefficient (Wildman–Crippen LogP) is 5.68. The number of halogens is 2. The molecule has 0 saturated carbocycles. The van der Waals surface area contributed by atoms with E-state index in [1.165, 1.54) is 0 Å². The van der Waals surface area contributed by atoms with Gasteiger partial charge in [0, 0.05) is 29.8 Å². The number of pyridine rings is 1. The van der Waals surface area contributed by atoms with E-state index in [9.17, 15) is 9.59 Å². The van der Waals surface area contributed by atoms with Gasteiger partial charge in [0.2, 0.25) is 5.91 Å². The fraction of sp³-hybridized carbons (Fsp3) is 0.458. The molecule has 0 unspecified atom stereocenters. The number of hydrogen-bond acceptors (Lipinski definition) is 3. The van der Waals surface area contributed by atoms with Gasteiger partial charge in [-0.05, 0) is 56.0 Å². The summed E-state index contributed by atoms with van der Waals surface area (Å²) in [6, 6.07) is 10.4. The maximum absolute atomic E-state index is 13.3. The van der Waals surface area contributed by atoms with Crippen LogP contribution in [-0.4, -0.2) is 34.3 Å². The van der Waals surface area contributed by atoms with Crippen LogP contribution in [-0.2, 0) is 4.79 Å². The number of piperidine rings is 1. The van der Waals surface area contributed by atoms with Crippen molar-refractivity contribution in [2.45, 2.75) is 58.5 Å². The molecule has 3 rings (SSSR count). The van der Waals surface area contributed by atoms with Crippen LogP contribution in [0, 0.1) is 5.41 Å². The quantitative estimate of drug-likeness (QED) is 0.622. The summed E-state index contributed by atoms with van der Waals surface area (Å²) in [5.74, 6) is -0.105. The Hall–Kier alpha value is -2.11. The molecule has 0 aliphatic carbocycles. The summed E-state index contributed by atoms with van der Waals surface area (Å²) < 4.78 is 0. The Labute approximate surface area is 194 Å². The van der Waals surface area contributed by atoms with Crippen molar-refractivity contribution in [3.05, 3.63) is 63.9 Å². The van der Waals surface area contributed by atoms with Crippen molar-refractivity contribution >= 4 is 35.0 Å². The number of amides is 2. The Morgan fingerprint density at radius 3 is 2.58 bits per heavy atom. The summed E-state index contributed by atoms with van der Waals surface area (Å²) in [7, 11) is 0. The van der Waals surface area contributed by atoms with Crippen molar-refractivity contribution in [2.75, 3.05) is 6.54 Å². The molecule has 2 aromatic rings. The molecule has 1 aliphatic rings. The Kier molecular flexibility index (Phi) is 7.60. The molecule has 1 fully saturated rings. The predicted molar refractivity (Wildman–Crippen MR) is 124 cm³/mol. The van der Waals surface area contributed by atoms with Crippen LogP contribution < -0.4 is 5.32 Å². The number of nitrogens with zero attached hydrogens (tertiary/aromatic N) is 2. The molecule has 1 aromatic heterocycles. The van der Waals surface area contributed by atoms with E-state index in [1.807, 2.05) is 43.9 Å². The highest BCUT2D eigenvalue weighted by atomic mass is 35.5. The van der Waals surface area contributed by atoms with Crippen molar-refractivity contribution in [1.82, 2.24) is 15.2 Å². The summed E-state index contributed by atoms with van der Waals surface area (Å²) >= 11 is 12.2. The smallest absolute Gasteiger partial charge is 0.254 e. The third-order valence-electron chi connectivity index (χ3n) is 5.59. The van der Waals surface area contributed by atoms with E-state index < -0.39 is 5.41 Å². The molecule has 1 N–H and O–H groups in total. The van der Waals surface area contributed by atoms with Gasteiger partial charge < -0.3 is 10.2 Å². The first-order valence-corrected chi connectivity index (χ1v) is 11.4. The standard InChI is InChI=1S/C24H29Cl2N3O2/c1-24(2,3)23(31)28-21(20-9-4-6-12-27-20)15-17-8-5-7-13-29(17)22(30)16-10-11-18(25)19(26)14-16/h4,6,9-12,14,17,21H,5,7-8,13,15H2,1-3H3,(H,28,31)/t17-,21-/m1/s1. The normalized spacial score (nSPS) is 17.8. The van der Waals surface area contributed by atoms with Gasteiger partial charge >= 0.3 is 0 Å². The van der Waals surface area contributed by atoms with Crippen molar-refractivity contribution in [1.29, 1.82) is 0 Å². The van der Waals surface area contributed by atoms with E-state index in [1.54, 1.807) is 24.4 Å². The van der Waals surface area contributed by atoms with Crippen LogP contribution in [0.4, 0.5) is 0 Å². The minimum Gasteiger partial charge on any atom is -0.347 e. The summed E-state index contributed by atoms with van der Waals surface area (Å²) in [5, 5.41) is 3.95. The van der Waals surface area contributed by atoms with Crippen LogP contribution >= 0.6 is 23.2 Å². The first kappa shape index (κ1) is 23.6. The van der Waals surface area contributed by atoms with Crippen LogP contribution in [0.15, 0.2) is 42.6 Å². The SMILES string of the molecule is CC(C)(C)C(=O)N[C@H](C[C@H]1CCCCN1C(=O)c1ccc(Cl)c(Cl)c1)c1ccccn1. The lowest BCUT2D eigenvalue weighted by molar-refractivity contribution is -0.129. The highest BCUT2D eigenvalue weighted by molar-refractivity contribution is 6.42. The van der Waals surface area contributed by atoms with Gasteiger partial charge in [-0.15, -0.1) is 0 Å². The van der Waals surface area contributed by atoms with Crippen LogP contribution in [0.25, 0.3) is 0 Å². The molecule has 0 bridgehead atoms. The summed E-state index contributed by atoms with van der Waals surface area (Å²) in [4.78, 5) is 32.4. The number of nitrogens with one attached hydrogen (secondary N) is 1. The van der Waals surface area contributed by atoms with Gasteiger partial charge in [-0.1, -0.05) is 50.0 Å². The molecule has 7 heteroatoms. The molecule has 0 spiro atoms. The number of hydrogen-bond donors (Lipinski definition) is 1. The molecule has 5 nitrogen and oxygen atoms in total. The minimum atomic E-state index is -0.519. The number of rotatable bonds is 5. The van der Waals surface area contributed by atoms with E-state index in [4.69, 9.17) is 23.2 Å². The van der Waals surface area contributed by atoms with Gasteiger partial charge in [-0.25, -0.2) is 0 Å². The topological polar surface area (TPSA) is 62.3 Å². The van der Waals surface area contributed by atoms with E-state index >= 15 is 0 Å². The van der Waals surface area contributed by atoms with Crippen molar-refractivity contribution in [3.63, 3.8) is 0 Å². The van der Waals surface area contributed by atoms with Crippen molar-refractivity contribution < 1.29 is 9.59 Å². The molecule has 1 aliphatic heterocycles. The number of carbonyl (C=O) groups excluding carboxylic acids is 2. The molecule has 0 radical (unpaired) electrons. The molecule has 2 heterocycles. The van der Waals surface area contributed by atoms with Gasteiger partial charge in [0.1, 0.15) is 0 Å². The zero-order valence-corrected chi connectivity index (χ0v) is 19.7. The highest BCUT2D eigenvalue weighted by Gasteiger charge is 2.32. The minimum absolute atomic E-state index is 0.0111. The third kappa shape index (κ3) is 5.98. The van der Waals surface area contributed by atoms with Gasteiger partial charge in [-0.3, -0.25) is 14.6 Å². The maximum Gasteiger partial charge on any atom is 0.254 e. The average Bonchev–Trinajstić information content (AvgIpc) is 2.75. The number of aromatic nitrogens is 1. The first-order valence-electron chi connectivity index (χ1n) is 10.6. The molecule has 166 valence electrons. The lowest BCUT2D eigenvalue weighted by Gasteiger charge is -2.38. The fourth-order valence-corrected chi connectivity index (χ4v) is 4.09. The van der Waals surface area contributed by atoms with E-state index in [-0.39, 0.29) is 23.9 Å². The Balaban J connectivity index is 1.84. The average molecular weight is 462 g/mol. The van der Waals surface area contributed by atoms with Crippen LogP contribution in [0.5, 0.6) is 0 Å². The number of likely N-dealkylation sites (tertiary alicyclic amines) is 1. The van der Waals surface area contributed by atoms with E-state index in [0.29, 0.717) is 28.6 Å². The molecule has 2 amide bonds. The van der Waals surface area contributed by atoms with Gasteiger partial charge in [0.05, 0.1) is 21.8 Å². The highest BCUT2D eigenvalue weighted by Crippen LogP contribution is 2.30. The van der Waals surface area contributed by atoms with Crippen molar-refractivity contribution in [3.8, 4) is 0 Å². The van der Waals surface area contributed by atoms with Crippen LogP contribution in [0.2, 0.25) is 10.0 Å². The summed E-state index contributed by atoms with van der Waals surface area (Å²) in [6.07, 6.45) is 5.20. The second kappa shape index (κ2) is 10.0. The lowest BCUT2D eigenvalue weighted by Crippen LogP contribution is -2.47. The monoisotopic (exact) mass is 461 g/mol. The Morgan fingerprint density at radius 1 is 1.16 bits per heavy atom. The first-order chi connectivity index (χ1) is 14.7. The van der Waals surface area contributed by atoms with Crippen LogP contribution in [0.1, 0.15) is 68.5 Å². The van der Waals surface area contributed by atoms with Crippen molar-refractivity contribution in [2.24, 2.45) is 5.41 Å². The molecular weight excluding hydrogens is 433 g/mol. The molecule has 31 heavy (non-hydrogen) atoms. The maximum atomic E-state index is 13.3. The second-order valence-corrected chi connectivity index (χ2v) is 9.86. The van der Waals surface area contributed by atoms with E-state index in [0.717, 1.165) is 25.0 Å². The largest absolute Gasteiger partial charge is 0.347 e. The molecule has 1 saturated heterocycles. The lowest BCUT2D eigenvalue weighted by atomic mass is 9.91. The Morgan fingerprint density at radius 2 is 1.94 bits per heavy atom. The van der Waals surface area contributed by atoms with Gasteiger partial charge in [0.25, 0.3) is 5.91 Å². The summed E-state index contributed by atoms with van der Waals surface area (Å²) in [6.45, 7) is 6.33. The molecule has 1 aromatic carbocycles. The third-order valence-corrected chi connectivity index (χ3v) is 6.33. The fourth-order valence-electron chi connectivity index (χ4n) is 3.79. The van der Waals surface area contributed by atoms with Crippen LogP contribution in [0.3, 0.4) is 0 Å². The molecular formula is C24H29Cl2N3O2. The summed E-state index contributed by atoms with van der Waals surface area (Å²) in [5.41, 5.74) is 0.803. The number of carbonyl (C=O) groups is 2. The zero-order valence-electron chi connectivity index (χ0n) is 18.2.